The second kappa shape index (κ2) is 14.5. The first-order valence-electron chi connectivity index (χ1n) is 14.5. The fourth-order valence-corrected chi connectivity index (χ4v) is 5.09. The first-order valence-corrected chi connectivity index (χ1v) is 14.5. The van der Waals surface area contributed by atoms with Gasteiger partial charge in [-0.3, -0.25) is 9.59 Å². The molecule has 1 aliphatic carbocycles. The molecule has 1 aromatic carbocycles. The van der Waals surface area contributed by atoms with Gasteiger partial charge in [-0.15, -0.1) is 0 Å². The molecule has 0 heterocycles. The number of carbonyl (C=O) groups is 3. The molecule has 0 saturated heterocycles. The van der Waals surface area contributed by atoms with Crippen LogP contribution in [0.5, 0.6) is 0 Å². The van der Waals surface area contributed by atoms with Crippen LogP contribution in [0, 0.1) is 19.8 Å². The van der Waals surface area contributed by atoms with Crippen LogP contribution in [0.15, 0.2) is 18.2 Å². The number of hydrogen-bond acceptors (Lipinski definition) is 4. The van der Waals surface area contributed by atoms with Gasteiger partial charge in [0.25, 0.3) is 0 Å². The number of rotatable bonds is 11. The summed E-state index contributed by atoms with van der Waals surface area (Å²) in [5.74, 6) is -0.236. The zero-order valence-electron chi connectivity index (χ0n) is 25.0. The van der Waals surface area contributed by atoms with E-state index in [1.165, 1.54) is 6.42 Å². The molecular formula is C31H51N3O4. The zero-order valence-corrected chi connectivity index (χ0v) is 25.0. The van der Waals surface area contributed by atoms with Gasteiger partial charge in [-0.2, -0.15) is 0 Å². The summed E-state index contributed by atoms with van der Waals surface area (Å²) < 4.78 is 5.49. The van der Waals surface area contributed by atoms with Crippen LogP contribution in [0.2, 0.25) is 0 Å². The van der Waals surface area contributed by atoms with E-state index in [0.29, 0.717) is 13.0 Å². The molecular weight excluding hydrogens is 478 g/mol. The van der Waals surface area contributed by atoms with E-state index in [1.54, 1.807) is 25.7 Å². The molecule has 1 fully saturated rings. The molecule has 2 atom stereocenters. The van der Waals surface area contributed by atoms with E-state index in [2.05, 4.69) is 17.6 Å². The number of benzene rings is 1. The van der Waals surface area contributed by atoms with Crippen molar-refractivity contribution in [2.24, 2.45) is 5.92 Å². The fraction of sp³-hybridized carbons (Fsp3) is 0.710. The third-order valence-corrected chi connectivity index (χ3v) is 7.18. The van der Waals surface area contributed by atoms with Crippen molar-refractivity contribution in [3.8, 4) is 0 Å². The molecule has 0 aromatic heterocycles. The van der Waals surface area contributed by atoms with Crippen LogP contribution in [0.3, 0.4) is 0 Å². The third kappa shape index (κ3) is 9.63. The van der Waals surface area contributed by atoms with Gasteiger partial charge in [0, 0.05) is 12.6 Å². The monoisotopic (exact) mass is 529 g/mol. The van der Waals surface area contributed by atoms with Gasteiger partial charge in [0.1, 0.15) is 17.7 Å². The summed E-state index contributed by atoms with van der Waals surface area (Å²) in [4.78, 5) is 42.7. The van der Waals surface area contributed by atoms with E-state index in [4.69, 9.17) is 4.74 Å². The van der Waals surface area contributed by atoms with Crippen LogP contribution in [0.4, 0.5) is 4.79 Å². The molecule has 0 radical (unpaired) electrons. The van der Waals surface area contributed by atoms with Crippen molar-refractivity contribution in [3.05, 3.63) is 34.9 Å². The van der Waals surface area contributed by atoms with E-state index in [0.717, 1.165) is 55.2 Å². The number of unbranched alkanes of at least 4 members (excludes halogenated alkanes) is 1. The SMILES string of the molecule is CCCCN(C(=O)C(CC(C)C)NC(=O)OC(C)(C)C)C(C(=O)NC1CCCCC1)c1cccc(C)c1C. The van der Waals surface area contributed by atoms with Crippen LogP contribution in [-0.4, -0.2) is 47.0 Å². The lowest BCUT2D eigenvalue weighted by molar-refractivity contribution is -0.143. The Morgan fingerprint density at radius 2 is 1.74 bits per heavy atom. The average molecular weight is 530 g/mol. The molecule has 0 aliphatic heterocycles. The quantitative estimate of drug-likeness (QED) is 0.349. The summed E-state index contributed by atoms with van der Waals surface area (Å²) >= 11 is 0. The highest BCUT2D eigenvalue weighted by atomic mass is 16.6. The summed E-state index contributed by atoms with van der Waals surface area (Å²) in [6.07, 6.45) is 6.79. The van der Waals surface area contributed by atoms with Crippen molar-refractivity contribution >= 4 is 17.9 Å². The van der Waals surface area contributed by atoms with E-state index < -0.39 is 23.8 Å². The van der Waals surface area contributed by atoms with Crippen molar-refractivity contribution in [2.45, 2.75) is 130 Å². The Labute approximate surface area is 230 Å². The second-order valence-electron chi connectivity index (χ2n) is 12.2. The van der Waals surface area contributed by atoms with Crippen LogP contribution in [0.25, 0.3) is 0 Å². The number of amides is 3. The van der Waals surface area contributed by atoms with Gasteiger partial charge >= 0.3 is 6.09 Å². The first-order chi connectivity index (χ1) is 17.8. The molecule has 2 rings (SSSR count). The molecule has 214 valence electrons. The molecule has 1 saturated carbocycles. The van der Waals surface area contributed by atoms with E-state index in [-0.39, 0.29) is 23.8 Å². The van der Waals surface area contributed by atoms with Gasteiger partial charge in [-0.25, -0.2) is 4.79 Å². The molecule has 1 aromatic rings. The highest BCUT2D eigenvalue weighted by Gasteiger charge is 2.37. The summed E-state index contributed by atoms with van der Waals surface area (Å²) in [6.45, 7) is 16.0. The average Bonchev–Trinajstić information content (AvgIpc) is 2.82. The van der Waals surface area contributed by atoms with E-state index in [9.17, 15) is 14.4 Å². The van der Waals surface area contributed by atoms with Gasteiger partial charge in [-0.1, -0.05) is 64.7 Å². The van der Waals surface area contributed by atoms with Crippen molar-refractivity contribution in [1.29, 1.82) is 0 Å². The maximum atomic E-state index is 14.3. The molecule has 0 bridgehead atoms. The lowest BCUT2D eigenvalue weighted by atomic mass is 9.92. The highest BCUT2D eigenvalue weighted by Crippen LogP contribution is 2.29. The predicted octanol–water partition coefficient (Wildman–Crippen LogP) is 6.36. The smallest absolute Gasteiger partial charge is 0.408 e. The summed E-state index contributed by atoms with van der Waals surface area (Å²) in [6, 6.07) is 4.49. The lowest BCUT2D eigenvalue weighted by Gasteiger charge is -2.36. The largest absolute Gasteiger partial charge is 0.444 e. The molecule has 38 heavy (non-hydrogen) atoms. The second-order valence-corrected chi connectivity index (χ2v) is 12.2. The van der Waals surface area contributed by atoms with Crippen LogP contribution in [0.1, 0.15) is 116 Å². The van der Waals surface area contributed by atoms with Crippen molar-refractivity contribution in [1.82, 2.24) is 15.5 Å². The van der Waals surface area contributed by atoms with Gasteiger partial charge in [0.2, 0.25) is 11.8 Å². The normalized spacial score (nSPS) is 16.0. The Morgan fingerprint density at radius 3 is 2.32 bits per heavy atom. The third-order valence-electron chi connectivity index (χ3n) is 7.18. The van der Waals surface area contributed by atoms with Gasteiger partial charge in [-0.05, 0) is 82.9 Å². The molecule has 2 unspecified atom stereocenters. The Bertz CT molecular complexity index is 932. The molecule has 0 spiro atoms. The van der Waals surface area contributed by atoms with E-state index in [1.807, 2.05) is 45.9 Å². The Morgan fingerprint density at radius 1 is 1.08 bits per heavy atom. The Hall–Kier alpha value is -2.57. The number of alkyl carbamates (subject to hydrolysis) is 1. The number of aryl methyl sites for hydroxylation is 1. The topological polar surface area (TPSA) is 87.7 Å². The van der Waals surface area contributed by atoms with Gasteiger partial charge < -0.3 is 20.3 Å². The minimum absolute atomic E-state index is 0.123. The molecule has 7 nitrogen and oxygen atoms in total. The Kier molecular flexibility index (Phi) is 12.1. The molecule has 7 heteroatoms. The fourth-order valence-electron chi connectivity index (χ4n) is 5.09. The number of nitrogens with one attached hydrogen (secondary N) is 2. The van der Waals surface area contributed by atoms with Crippen molar-refractivity contribution in [3.63, 3.8) is 0 Å². The maximum Gasteiger partial charge on any atom is 0.408 e. The van der Waals surface area contributed by atoms with Crippen LogP contribution < -0.4 is 10.6 Å². The van der Waals surface area contributed by atoms with Gasteiger partial charge in [0.15, 0.2) is 0 Å². The standard InChI is InChI=1S/C31H51N3O4/c1-9-10-19-34(29(36)26(20-21(2)3)33-30(37)38-31(6,7)8)27(25-18-14-15-22(4)23(25)5)28(35)32-24-16-12-11-13-17-24/h14-15,18,21,24,26-27H,9-13,16-17,19-20H2,1-8H3,(H,32,35)(H,33,37). The maximum absolute atomic E-state index is 14.3. The molecule has 3 amide bonds. The van der Waals surface area contributed by atoms with Gasteiger partial charge in [0.05, 0.1) is 0 Å². The zero-order chi connectivity index (χ0) is 28.5. The lowest BCUT2D eigenvalue weighted by Crippen LogP contribution is -2.54. The van der Waals surface area contributed by atoms with Crippen molar-refractivity contribution < 1.29 is 19.1 Å². The number of hydrogen-bond donors (Lipinski definition) is 2. The first kappa shape index (κ1) is 31.6. The number of nitrogens with zero attached hydrogens (tertiary/aromatic N) is 1. The molecule has 1 aliphatic rings. The minimum atomic E-state index is -0.795. The minimum Gasteiger partial charge on any atom is -0.444 e. The summed E-state index contributed by atoms with van der Waals surface area (Å²) in [7, 11) is 0. The summed E-state index contributed by atoms with van der Waals surface area (Å²) in [5.41, 5.74) is 2.24. The highest BCUT2D eigenvalue weighted by molar-refractivity contribution is 5.92. The van der Waals surface area contributed by atoms with Crippen molar-refractivity contribution in [2.75, 3.05) is 6.54 Å². The van der Waals surface area contributed by atoms with E-state index >= 15 is 0 Å². The molecule has 2 N–H and O–H groups in total. The van der Waals surface area contributed by atoms with Crippen LogP contribution in [-0.2, 0) is 14.3 Å². The number of carbonyl (C=O) groups excluding carboxylic acids is 3. The number of ether oxygens (including phenoxy) is 1. The summed E-state index contributed by atoms with van der Waals surface area (Å²) in [5, 5.41) is 6.11. The van der Waals surface area contributed by atoms with Crippen LogP contribution >= 0.6 is 0 Å². The Balaban J connectivity index is 2.50. The predicted molar refractivity (Wildman–Crippen MR) is 153 cm³/mol.